The number of benzene rings is 3. The van der Waals surface area contributed by atoms with Gasteiger partial charge in [0.25, 0.3) is 5.91 Å². The van der Waals surface area contributed by atoms with Gasteiger partial charge in [-0.05, 0) is 87.1 Å². The predicted molar refractivity (Wildman–Crippen MR) is 145 cm³/mol. The lowest BCUT2D eigenvalue weighted by Crippen LogP contribution is -2.16. The Kier molecular flexibility index (Phi) is 7.97. The molecule has 0 radical (unpaired) electrons. The molecule has 0 saturated carbocycles. The zero-order chi connectivity index (χ0) is 25.7. The lowest BCUT2D eigenvalue weighted by molar-refractivity contribution is 0.102. The molecule has 4 N–H and O–H groups in total. The molecule has 4 aromatic rings. The van der Waals surface area contributed by atoms with Gasteiger partial charge in [-0.15, -0.1) is 0 Å². The van der Waals surface area contributed by atoms with Gasteiger partial charge in [-0.25, -0.2) is 14.4 Å². The van der Waals surface area contributed by atoms with E-state index < -0.39 is 11.7 Å². The molecule has 9 heteroatoms. The van der Waals surface area contributed by atoms with E-state index in [1.54, 1.807) is 30.5 Å². The number of nitrogens with two attached hydrogens (primary N) is 1. The summed E-state index contributed by atoms with van der Waals surface area (Å²) in [5, 5.41) is 7.41. The standard InChI is InChI=1S/C27H28ClFN6O/c1-35(2)12-4-3-11-31-24-10-7-20(28)15-25(24)33-26(36)21-14-18(5-8-22(21)29)17-6-9-23-19(13-17)16-32-27(30)34-23/h5-10,13-16,31H,3-4,11-12H2,1-2H3,(H,33,36)(H2,30,32,34). The second-order valence-electron chi connectivity index (χ2n) is 8.78. The first-order chi connectivity index (χ1) is 17.3. The molecule has 0 saturated heterocycles. The van der Waals surface area contributed by atoms with Crippen molar-refractivity contribution in [1.82, 2.24) is 14.9 Å². The number of fused-ring (bicyclic) bond motifs is 1. The monoisotopic (exact) mass is 506 g/mol. The van der Waals surface area contributed by atoms with Crippen LogP contribution in [0, 0.1) is 5.82 Å². The summed E-state index contributed by atoms with van der Waals surface area (Å²) in [6.07, 6.45) is 3.64. The first kappa shape index (κ1) is 25.3. The quantitative estimate of drug-likeness (QED) is 0.253. The van der Waals surface area contributed by atoms with Gasteiger partial charge in [0.1, 0.15) is 5.82 Å². The summed E-state index contributed by atoms with van der Waals surface area (Å²) in [6.45, 7) is 1.74. The summed E-state index contributed by atoms with van der Waals surface area (Å²) >= 11 is 6.18. The van der Waals surface area contributed by atoms with Crippen molar-refractivity contribution in [2.24, 2.45) is 0 Å². The Morgan fingerprint density at radius 2 is 1.81 bits per heavy atom. The first-order valence-electron chi connectivity index (χ1n) is 11.6. The number of hydrogen-bond acceptors (Lipinski definition) is 6. The van der Waals surface area contributed by atoms with Crippen molar-refractivity contribution in [2.75, 3.05) is 43.6 Å². The summed E-state index contributed by atoms with van der Waals surface area (Å²) in [5.74, 6) is -0.989. The van der Waals surface area contributed by atoms with E-state index in [4.69, 9.17) is 17.3 Å². The number of hydrogen-bond donors (Lipinski definition) is 3. The molecule has 0 aliphatic carbocycles. The third-order valence-corrected chi connectivity index (χ3v) is 5.96. The number of carbonyl (C=O) groups excluding carboxylic acids is 1. The van der Waals surface area contributed by atoms with Crippen LogP contribution in [0.3, 0.4) is 0 Å². The summed E-state index contributed by atoms with van der Waals surface area (Å²) in [4.78, 5) is 23.5. The van der Waals surface area contributed by atoms with E-state index in [-0.39, 0.29) is 11.5 Å². The highest BCUT2D eigenvalue weighted by atomic mass is 35.5. The molecule has 0 spiro atoms. The van der Waals surface area contributed by atoms with Gasteiger partial charge in [-0.1, -0.05) is 23.7 Å². The van der Waals surface area contributed by atoms with Gasteiger partial charge in [0.2, 0.25) is 5.95 Å². The minimum atomic E-state index is -0.617. The molecule has 186 valence electrons. The molecule has 0 unspecified atom stereocenters. The molecule has 1 heterocycles. The third-order valence-electron chi connectivity index (χ3n) is 5.72. The van der Waals surface area contributed by atoms with E-state index >= 15 is 0 Å². The number of unbranched alkanes of at least 4 members (excludes halogenated alkanes) is 1. The van der Waals surface area contributed by atoms with Crippen LogP contribution in [0.5, 0.6) is 0 Å². The molecule has 0 bridgehead atoms. The van der Waals surface area contributed by atoms with Crippen LogP contribution in [0.1, 0.15) is 23.2 Å². The number of nitrogen functional groups attached to an aromatic ring is 1. The molecule has 0 aliphatic rings. The second-order valence-corrected chi connectivity index (χ2v) is 9.21. The van der Waals surface area contributed by atoms with E-state index in [2.05, 4.69) is 25.5 Å². The number of rotatable bonds is 9. The number of nitrogens with one attached hydrogen (secondary N) is 2. The fourth-order valence-electron chi connectivity index (χ4n) is 3.85. The lowest BCUT2D eigenvalue weighted by atomic mass is 10.0. The van der Waals surface area contributed by atoms with Crippen molar-refractivity contribution in [3.05, 3.63) is 77.2 Å². The number of nitrogens with zero attached hydrogens (tertiary/aromatic N) is 3. The van der Waals surface area contributed by atoms with Crippen LogP contribution in [0.4, 0.5) is 21.7 Å². The average Bonchev–Trinajstić information content (AvgIpc) is 2.84. The van der Waals surface area contributed by atoms with E-state index in [0.717, 1.165) is 42.6 Å². The Morgan fingerprint density at radius 1 is 1.03 bits per heavy atom. The molecule has 3 aromatic carbocycles. The zero-order valence-electron chi connectivity index (χ0n) is 20.2. The van der Waals surface area contributed by atoms with Crippen molar-refractivity contribution in [1.29, 1.82) is 0 Å². The Labute approximate surface area is 214 Å². The van der Waals surface area contributed by atoms with Crippen LogP contribution in [-0.2, 0) is 0 Å². The molecule has 36 heavy (non-hydrogen) atoms. The predicted octanol–water partition coefficient (Wildman–Crippen LogP) is 5.68. The Hall–Kier alpha value is -3.75. The maximum Gasteiger partial charge on any atom is 0.258 e. The van der Waals surface area contributed by atoms with Gasteiger partial charge in [0, 0.05) is 23.2 Å². The van der Waals surface area contributed by atoms with Gasteiger partial charge in [0.15, 0.2) is 0 Å². The van der Waals surface area contributed by atoms with Crippen LogP contribution >= 0.6 is 11.6 Å². The topological polar surface area (TPSA) is 96.2 Å². The number of aromatic nitrogens is 2. The summed E-state index contributed by atoms with van der Waals surface area (Å²) in [5.41, 5.74) is 8.99. The molecular formula is C27H28ClFN6O. The second kappa shape index (κ2) is 11.3. The van der Waals surface area contributed by atoms with Gasteiger partial charge in [0.05, 0.1) is 22.5 Å². The number of carbonyl (C=O) groups is 1. The van der Waals surface area contributed by atoms with Crippen molar-refractivity contribution >= 4 is 45.7 Å². The van der Waals surface area contributed by atoms with Gasteiger partial charge in [-0.3, -0.25) is 4.79 Å². The number of anilines is 3. The SMILES string of the molecule is CN(C)CCCCNc1ccc(Cl)cc1NC(=O)c1cc(-c2ccc3nc(N)ncc3c2)ccc1F. The van der Waals surface area contributed by atoms with E-state index in [0.29, 0.717) is 21.8 Å². The fraction of sp³-hybridized carbons (Fsp3) is 0.222. The average molecular weight is 507 g/mol. The number of halogens is 2. The van der Waals surface area contributed by atoms with Gasteiger partial charge < -0.3 is 21.3 Å². The van der Waals surface area contributed by atoms with Crippen LogP contribution in [0.25, 0.3) is 22.0 Å². The van der Waals surface area contributed by atoms with E-state index in [1.165, 1.54) is 12.1 Å². The largest absolute Gasteiger partial charge is 0.383 e. The van der Waals surface area contributed by atoms with Crippen molar-refractivity contribution in [3.8, 4) is 11.1 Å². The van der Waals surface area contributed by atoms with Crippen LogP contribution in [0.15, 0.2) is 60.8 Å². The molecule has 0 aliphatic heterocycles. The minimum Gasteiger partial charge on any atom is -0.383 e. The van der Waals surface area contributed by atoms with Crippen LogP contribution in [-0.4, -0.2) is 48.0 Å². The molecule has 1 amide bonds. The lowest BCUT2D eigenvalue weighted by Gasteiger charge is -2.15. The maximum absolute atomic E-state index is 14.7. The molecule has 7 nitrogen and oxygen atoms in total. The maximum atomic E-state index is 14.7. The minimum absolute atomic E-state index is 0.0712. The smallest absolute Gasteiger partial charge is 0.258 e. The summed E-state index contributed by atoms with van der Waals surface area (Å²) < 4.78 is 14.7. The molecular weight excluding hydrogens is 479 g/mol. The summed E-state index contributed by atoms with van der Waals surface area (Å²) in [6, 6.07) is 15.2. The number of amides is 1. The Balaban J connectivity index is 1.54. The highest BCUT2D eigenvalue weighted by molar-refractivity contribution is 6.31. The van der Waals surface area contributed by atoms with Crippen LogP contribution < -0.4 is 16.4 Å². The Bertz CT molecular complexity index is 1390. The molecule has 4 rings (SSSR count). The Morgan fingerprint density at radius 3 is 2.61 bits per heavy atom. The van der Waals surface area contributed by atoms with Gasteiger partial charge >= 0.3 is 0 Å². The highest BCUT2D eigenvalue weighted by Gasteiger charge is 2.16. The zero-order valence-corrected chi connectivity index (χ0v) is 20.9. The molecule has 0 atom stereocenters. The van der Waals surface area contributed by atoms with Gasteiger partial charge in [-0.2, -0.15) is 0 Å². The summed E-state index contributed by atoms with van der Waals surface area (Å²) in [7, 11) is 4.08. The van der Waals surface area contributed by atoms with E-state index in [1.807, 2.05) is 32.3 Å². The van der Waals surface area contributed by atoms with Crippen molar-refractivity contribution in [2.45, 2.75) is 12.8 Å². The normalized spacial score (nSPS) is 11.1. The molecule has 1 aromatic heterocycles. The van der Waals surface area contributed by atoms with Crippen molar-refractivity contribution < 1.29 is 9.18 Å². The third kappa shape index (κ3) is 6.27. The van der Waals surface area contributed by atoms with Crippen molar-refractivity contribution in [3.63, 3.8) is 0 Å². The van der Waals surface area contributed by atoms with Crippen LogP contribution in [0.2, 0.25) is 5.02 Å². The first-order valence-corrected chi connectivity index (χ1v) is 12.0. The fourth-order valence-corrected chi connectivity index (χ4v) is 4.02. The van der Waals surface area contributed by atoms with E-state index in [9.17, 15) is 9.18 Å². The highest BCUT2D eigenvalue weighted by Crippen LogP contribution is 2.29. The molecule has 0 fully saturated rings.